The number of nitrogens with zero attached hydrogens (tertiary/aromatic N) is 1. The Morgan fingerprint density at radius 1 is 1.15 bits per heavy atom. The topological polar surface area (TPSA) is 38.8 Å². The van der Waals surface area contributed by atoms with E-state index in [9.17, 15) is 13.6 Å². The van der Waals surface area contributed by atoms with Crippen LogP contribution in [0.2, 0.25) is 0 Å². The van der Waals surface area contributed by atoms with Crippen molar-refractivity contribution in [3.05, 3.63) is 65.7 Å². The number of carbonyl (C=O) groups is 1. The van der Waals surface area contributed by atoms with Crippen LogP contribution in [-0.2, 0) is 4.79 Å². The number of ether oxygens (including phenoxy) is 2. The molecule has 2 aromatic carbocycles. The maximum Gasteiger partial charge on any atom is 0.246 e. The van der Waals surface area contributed by atoms with Crippen LogP contribution in [0.25, 0.3) is 6.08 Å². The summed E-state index contributed by atoms with van der Waals surface area (Å²) in [7, 11) is 0. The number of benzene rings is 2. The maximum atomic E-state index is 13.6. The summed E-state index contributed by atoms with van der Waals surface area (Å²) >= 11 is 0. The highest BCUT2D eigenvalue weighted by molar-refractivity contribution is 5.91. The number of para-hydroxylation sites is 2. The molecule has 0 saturated heterocycles. The molecule has 0 bridgehead atoms. The van der Waals surface area contributed by atoms with E-state index in [0.29, 0.717) is 31.2 Å². The molecule has 136 valence electrons. The summed E-state index contributed by atoms with van der Waals surface area (Å²) in [6.45, 7) is 2.90. The SMILES string of the molecule is CCN(CC1COc2ccccc2O1)C(=O)C=Cc1c(F)cccc1F. The largest absolute Gasteiger partial charge is 0.486 e. The third-order valence-electron chi connectivity index (χ3n) is 4.08. The molecule has 26 heavy (non-hydrogen) atoms. The van der Waals surface area contributed by atoms with Crippen LogP contribution >= 0.6 is 0 Å². The van der Waals surface area contributed by atoms with E-state index in [4.69, 9.17) is 9.47 Å². The first-order chi connectivity index (χ1) is 12.6. The van der Waals surface area contributed by atoms with Gasteiger partial charge in [-0.15, -0.1) is 0 Å². The Balaban J connectivity index is 1.65. The van der Waals surface area contributed by atoms with Gasteiger partial charge in [0.15, 0.2) is 17.6 Å². The van der Waals surface area contributed by atoms with Gasteiger partial charge >= 0.3 is 0 Å². The molecule has 2 aromatic rings. The van der Waals surface area contributed by atoms with Crippen LogP contribution in [0, 0.1) is 11.6 Å². The van der Waals surface area contributed by atoms with Crippen LogP contribution in [0.1, 0.15) is 12.5 Å². The second kappa shape index (κ2) is 7.99. The predicted octanol–water partition coefficient (Wildman–Crippen LogP) is 3.67. The van der Waals surface area contributed by atoms with Crippen molar-refractivity contribution in [2.45, 2.75) is 13.0 Å². The number of rotatable bonds is 5. The number of carbonyl (C=O) groups excluding carboxylic acids is 1. The van der Waals surface area contributed by atoms with Gasteiger partial charge in [0.1, 0.15) is 18.2 Å². The molecule has 4 nitrogen and oxygen atoms in total. The average molecular weight is 359 g/mol. The Morgan fingerprint density at radius 3 is 2.54 bits per heavy atom. The molecule has 1 unspecified atom stereocenters. The first-order valence-corrected chi connectivity index (χ1v) is 8.38. The fraction of sp³-hybridized carbons (Fsp3) is 0.250. The molecule has 3 rings (SSSR count). The molecule has 1 aliphatic rings. The third kappa shape index (κ3) is 4.02. The molecule has 0 aliphatic carbocycles. The third-order valence-corrected chi connectivity index (χ3v) is 4.08. The average Bonchev–Trinajstić information content (AvgIpc) is 2.65. The summed E-state index contributed by atoms with van der Waals surface area (Å²) < 4.78 is 38.8. The highest BCUT2D eigenvalue weighted by Gasteiger charge is 2.24. The van der Waals surface area contributed by atoms with Gasteiger partial charge in [-0.05, 0) is 37.3 Å². The second-order valence-electron chi connectivity index (χ2n) is 5.84. The first-order valence-electron chi connectivity index (χ1n) is 8.38. The van der Waals surface area contributed by atoms with Crippen molar-refractivity contribution in [3.63, 3.8) is 0 Å². The number of likely N-dealkylation sites (N-methyl/N-ethyl adjacent to an activating group) is 1. The first kappa shape index (κ1) is 17.9. The molecule has 0 saturated carbocycles. The Morgan fingerprint density at radius 2 is 1.85 bits per heavy atom. The zero-order chi connectivity index (χ0) is 18.5. The highest BCUT2D eigenvalue weighted by Crippen LogP contribution is 2.31. The lowest BCUT2D eigenvalue weighted by atomic mass is 10.2. The predicted molar refractivity (Wildman–Crippen MR) is 94.0 cm³/mol. The number of fused-ring (bicyclic) bond motifs is 1. The molecule has 6 heteroatoms. The molecule has 0 radical (unpaired) electrons. The van der Waals surface area contributed by atoms with Gasteiger partial charge in [0.25, 0.3) is 0 Å². The molecular weight excluding hydrogens is 340 g/mol. The molecule has 1 aliphatic heterocycles. The van der Waals surface area contributed by atoms with E-state index in [-0.39, 0.29) is 17.6 Å². The van der Waals surface area contributed by atoms with E-state index in [1.165, 1.54) is 17.0 Å². The van der Waals surface area contributed by atoms with Gasteiger partial charge in [0.05, 0.1) is 6.54 Å². The molecule has 0 spiro atoms. The van der Waals surface area contributed by atoms with Gasteiger partial charge < -0.3 is 14.4 Å². The van der Waals surface area contributed by atoms with Crippen molar-refractivity contribution in [1.29, 1.82) is 0 Å². The van der Waals surface area contributed by atoms with Gasteiger partial charge in [-0.1, -0.05) is 18.2 Å². The van der Waals surface area contributed by atoms with Crippen LogP contribution in [0.5, 0.6) is 11.5 Å². The monoisotopic (exact) mass is 359 g/mol. The number of hydrogen-bond donors (Lipinski definition) is 0. The summed E-state index contributed by atoms with van der Waals surface area (Å²) in [4.78, 5) is 13.9. The quantitative estimate of drug-likeness (QED) is 0.765. The van der Waals surface area contributed by atoms with Gasteiger partial charge in [-0.2, -0.15) is 0 Å². The fourth-order valence-corrected chi connectivity index (χ4v) is 2.70. The van der Waals surface area contributed by atoms with Gasteiger partial charge in [-0.25, -0.2) is 8.78 Å². The highest BCUT2D eigenvalue weighted by atomic mass is 19.1. The zero-order valence-electron chi connectivity index (χ0n) is 14.3. The molecule has 0 N–H and O–H groups in total. The Bertz CT molecular complexity index is 802. The molecule has 1 atom stereocenters. The van der Waals surface area contributed by atoms with Crippen LogP contribution in [0.3, 0.4) is 0 Å². The summed E-state index contributed by atoms with van der Waals surface area (Å²) in [5.41, 5.74) is -0.233. The zero-order valence-corrected chi connectivity index (χ0v) is 14.3. The maximum absolute atomic E-state index is 13.6. The minimum Gasteiger partial charge on any atom is -0.486 e. The van der Waals surface area contributed by atoms with Crippen molar-refractivity contribution in [3.8, 4) is 11.5 Å². The van der Waals surface area contributed by atoms with E-state index in [1.807, 2.05) is 25.1 Å². The Hall–Kier alpha value is -2.89. The van der Waals surface area contributed by atoms with Crippen molar-refractivity contribution in [2.75, 3.05) is 19.7 Å². The van der Waals surface area contributed by atoms with Crippen LogP contribution in [-0.4, -0.2) is 36.6 Å². The van der Waals surface area contributed by atoms with E-state index >= 15 is 0 Å². The molecular formula is C20H19F2NO3. The van der Waals surface area contributed by atoms with Gasteiger partial charge in [0, 0.05) is 18.2 Å². The minimum atomic E-state index is -0.710. The number of halogens is 2. The van der Waals surface area contributed by atoms with Crippen LogP contribution in [0.15, 0.2) is 48.5 Å². The van der Waals surface area contributed by atoms with Crippen molar-refractivity contribution >= 4 is 12.0 Å². The van der Waals surface area contributed by atoms with Crippen LogP contribution < -0.4 is 9.47 Å². The second-order valence-corrected chi connectivity index (χ2v) is 5.84. The van der Waals surface area contributed by atoms with E-state index in [0.717, 1.165) is 18.2 Å². The standard InChI is InChI=1S/C20H19F2NO3/c1-2-23(12-14-13-25-18-8-3-4-9-19(18)26-14)20(24)11-10-15-16(21)6-5-7-17(15)22/h3-11,14H,2,12-13H2,1H3. The summed E-state index contributed by atoms with van der Waals surface area (Å²) in [5.74, 6) is -0.461. The normalized spacial score (nSPS) is 15.9. The van der Waals surface area contributed by atoms with E-state index in [2.05, 4.69) is 0 Å². The number of amides is 1. The lowest BCUT2D eigenvalue weighted by Gasteiger charge is -2.30. The molecule has 0 fully saturated rings. The summed E-state index contributed by atoms with van der Waals surface area (Å²) in [6, 6.07) is 10.9. The lowest BCUT2D eigenvalue weighted by molar-refractivity contribution is -0.127. The van der Waals surface area contributed by atoms with Gasteiger partial charge in [0.2, 0.25) is 5.91 Å². The van der Waals surface area contributed by atoms with Crippen molar-refractivity contribution in [2.24, 2.45) is 0 Å². The van der Waals surface area contributed by atoms with Crippen molar-refractivity contribution < 1.29 is 23.0 Å². The van der Waals surface area contributed by atoms with Gasteiger partial charge in [-0.3, -0.25) is 4.79 Å². The van der Waals surface area contributed by atoms with E-state index < -0.39 is 11.6 Å². The minimum absolute atomic E-state index is 0.233. The summed E-state index contributed by atoms with van der Waals surface area (Å²) in [6.07, 6.45) is 2.01. The Labute approximate surface area is 150 Å². The molecule has 1 amide bonds. The van der Waals surface area contributed by atoms with E-state index in [1.54, 1.807) is 6.07 Å². The lowest BCUT2D eigenvalue weighted by Crippen LogP contribution is -2.43. The molecule has 1 heterocycles. The smallest absolute Gasteiger partial charge is 0.246 e. The summed E-state index contributed by atoms with van der Waals surface area (Å²) in [5, 5.41) is 0. The number of hydrogen-bond acceptors (Lipinski definition) is 3. The van der Waals surface area contributed by atoms with Crippen LogP contribution in [0.4, 0.5) is 8.78 Å². The van der Waals surface area contributed by atoms with Crippen molar-refractivity contribution in [1.82, 2.24) is 4.90 Å². The Kier molecular flexibility index (Phi) is 5.51. The fourth-order valence-electron chi connectivity index (χ4n) is 2.70. The molecule has 0 aromatic heterocycles.